The van der Waals surface area contributed by atoms with Crippen molar-refractivity contribution in [2.24, 2.45) is 0 Å². The van der Waals surface area contributed by atoms with Crippen molar-refractivity contribution in [2.45, 2.75) is 39.0 Å². The lowest BCUT2D eigenvalue weighted by Crippen LogP contribution is -2.31. The molecule has 2 aromatic carbocycles. The van der Waals surface area contributed by atoms with Crippen LogP contribution < -0.4 is 15.0 Å². The van der Waals surface area contributed by atoms with Crippen molar-refractivity contribution in [3.05, 3.63) is 74.4 Å². The molecule has 0 spiro atoms. The summed E-state index contributed by atoms with van der Waals surface area (Å²) in [4.78, 5) is 20.6. The van der Waals surface area contributed by atoms with Crippen LogP contribution in [-0.4, -0.2) is 28.0 Å². The van der Waals surface area contributed by atoms with E-state index in [-0.39, 0.29) is 11.7 Å². The van der Waals surface area contributed by atoms with Crippen LogP contribution in [0.2, 0.25) is 0 Å². The highest BCUT2D eigenvalue weighted by molar-refractivity contribution is 7.99. The van der Waals surface area contributed by atoms with Crippen LogP contribution in [0.25, 0.3) is 15.9 Å². The van der Waals surface area contributed by atoms with Gasteiger partial charge in [0.15, 0.2) is 16.7 Å². The number of fused-ring (bicyclic) bond motifs is 2. The molecule has 2 aromatic heterocycles. The molecule has 4 aromatic rings. The van der Waals surface area contributed by atoms with E-state index in [0.29, 0.717) is 22.9 Å². The van der Waals surface area contributed by atoms with Crippen LogP contribution in [0, 0.1) is 27.7 Å². The second-order valence-electron chi connectivity index (χ2n) is 8.10. The van der Waals surface area contributed by atoms with Crippen molar-refractivity contribution in [1.29, 1.82) is 0 Å². The fraction of sp³-hybridized carbons (Fsp3) is 0.280. The SMILES string of the molecule is Cc1ccc(C)c(-n2c(SC[C@@H]3COc4ccccc4O3)nc3sc(C)c(C)c3c2=O)c1. The van der Waals surface area contributed by atoms with Crippen LogP contribution >= 0.6 is 23.1 Å². The third-order valence-electron chi connectivity index (χ3n) is 5.74. The number of thiophene rings is 1. The quantitative estimate of drug-likeness (QED) is 0.290. The molecule has 0 bridgehead atoms. The molecule has 0 radical (unpaired) electrons. The highest BCUT2D eigenvalue weighted by Gasteiger charge is 2.24. The van der Waals surface area contributed by atoms with E-state index in [2.05, 4.69) is 18.2 Å². The topological polar surface area (TPSA) is 53.4 Å². The molecule has 3 heterocycles. The lowest BCUT2D eigenvalue weighted by Gasteiger charge is -2.26. The largest absolute Gasteiger partial charge is 0.486 e. The van der Waals surface area contributed by atoms with Crippen molar-refractivity contribution < 1.29 is 9.47 Å². The number of benzene rings is 2. The summed E-state index contributed by atoms with van der Waals surface area (Å²) in [6, 6.07) is 13.9. The van der Waals surface area contributed by atoms with Crippen LogP contribution in [0.4, 0.5) is 0 Å². The molecule has 1 atom stereocenters. The average molecular weight is 465 g/mol. The number of aromatic nitrogens is 2. The maximum atomic E-state index is 13.7. The second-order valence-corrected chi connectivity index (χ2v) is 10.3. The molecule has 1 aliphatic rings. The average Bonchev–Trinajstić information content (AvgIpc) is 3.07. The summed E-state index contributed by atoms with van der Waals surface area (Å²) in [5.41, 5.74) is 4.02. The monoisotopic (exact) mass is 464 g/mol. The fourth-order valence-corrected chi connectivity index (χ4v) is 5.90. The minimum atomic E-state index is -0.124. The zero-order chi connectivity index (χ0) is 22.4. The van der Waals surface area contributed by atoms with Gasteiger partial charge in [0.25, 0.3) is 5.56 Å². The molecule has 0 fully saturated rings. The first-order chi connectivity index (χ1) is 15.4. The predicted molar refractivity (Wildman–Crippen MR) is 131 cm³/mol. The van der Waals surface area contributed by atoms with E-state index in [1.54, 1.807) is 15.9 Å². The number of aryl methyl sites for hydroxylation is 4. The lowest BCUT2D eigenvalue weighted by molar-refractivity contribution is 0.107. The number of rotatable bonds is 4. The Labute approximate surface area is 195 Å². The number of thioether (sulfide) groups is 1. The van der Waals surface area contributed by atoms with E-state index in [9.17, 15) is 4.79 Å². The van der Waals surface area contributed by atoms with E-state index in [1.165, 1.54) is 11.8 Å². The zero-order valence-electron chi connectivity index (χ0n) is 18.5. The highest BCUT2D eigenvalue weighted by atomic mass is 32.2. The van der Waals surface area contributed by atoms with Crippen LogP contribution in [0.3, 0.4) is 0 Å². The molecule has 0 aliphatic carbocycles. The Morgan fingerprint density at radius 1 is 1.12 bits per heavy atom. The van der Waals surface area contributed by atoms with Gasteiger partial charge in [-0.3, -0.25) is 9.36 Å². The van der Waals surface area contributed by atoms with Crippen LogP contribution in [0.15, 0.2) is 52.4 Å². The van der Waals surface area contributed by atoms with Crippen molar-refractivity contribution in [3.63, 3.8) is 0 Å². The number of para-hydroxylation sites is 2. The van der Waals surface area contributed by atoms with Crippen LogP contribution in [-0.2, 0) is 0 Å². The molecule has 0 N–H and O–H groups in total. The third kappa shape index (κ3) is 3.69. The zero-order valence-corrected chi connectivity index (χ0v) is 20.1. The van der Waals surface area contributed by atoms with Crippen molar-refractivity contribution in [1.82, 2.24) is 9.55 Å². The lowest BCUT2D eigenvalue weighted by atomic mass is 10.1. The first kappa shape index (κ1) is 21.1. The molecule has 164 valence electrons. The van der Waals surface area contributed by atoms with Gasteiger partial charge in [0.2, 0.25) is 0 Å². The Bertz CT molecular complexity index is 1390. The summed E-state index contributed by atoms with van der Waals surface area (Å²) in [7, 11) is 0. The summed E-state index contributed by atoms with van der Waals surface area (Å²) in [5.74, 6) is 2.15. The van der Waals surface area contributed by atoms with Crippen LogP contribution in [0.1, 0.15) is 21.6 Å². The minimum absolute atomic E-state index is 0.0146. The Hall–Kier alpha value is -2.77. The Morgan fingerprint density at radius 2 is 1.91 bits per heavy atom. The second kappa shape index (κ2) is 8.30. The third-order valence-corrected chi connectivity index (χ3v) is 7.92. The van der Waals surface area contributed by atoms with Gasteiger partial charge in [-0.1, -0.05) is 36.0 Å². The minimum Gasteiger partial charge on any atom is -0.486 e. The van der Waals surface area contributed by atoms with E-state index in [4.69, 9.17) is 14.5 Å². The van der Waals surface area contributed by atoms with E-state index >= 15 is 0 Å². The standard InChI is InChI=1S/C25H24N2O3S2/c1-14-9-10-15(2)19(11-14)27-24(28)22-16(3)17(4)32-23(22)26-25(27)31-13-18-12-29-20-7-5-6-8-21(20)30-18/h5-11,18H,12-13H2,1-4H3/t18-/m0/s1. The molecule has 5 nitrogen and oxygen atoms in total. The Kier molecular flexibility index (Phi) is 5.47. The molecule has 0 unspecified atom stereocenters. The fourth-order valence-electron chi connectivity index (χ4n) is 3.86. The Balaban J connectivity index is 1.56. The molecular weight excluding hydrogens is 440 g/mol. The number of nitrogens with zero attached hydrogens (tertiary/aromatic N) is 2. The molecule has 0 amide bonds. The summed E-state index contributed by atoms with van der Waals surface area (Å²) < 4.78 is 13.8. The number of ether oxygens (including phenoxy) is 2. The van der Waals surface area contributed by atoms with Gasteiger partial charge >= 0.3 is 0 Å². The molecule has 7 heteroatoms. The molecule has 5 rings (SSSR count). The van der Waals surface area contributed by atoms with Crippen molar-refractivity contribution in [3.8, 4) is 17.2 Å². The van der Waals surface area contributed by atoms with Gasteiger partial charge in [0.1, 0.15) is 17.5 Å². The summed E-state index contributed by atoms with van der Waals surface area (Å²) in [6.45, 7) is 8.58. The smallest absolute Gasteiger partial charge is 0.267 e. The highest BCUT2D eigenvalue weighted by Crippen LogP contribution is 2.34. The predicted octanol–water partition coefficient (Wildman–Crippen LogP) is 5.61. The van der Waals surface area contributed by atoms with Gasteiger partial charge < -0.3 is 9.47 Å². The molecule has 1 aliphatic heterocycles. The maximum Gasteiger partial charge on any atom is 0.267 e. The number of hydrogen-bond donors (Lipinski definition) is 0. The normalized spacial score (nSPS) is 15.3. The number of hydrogen-bond acceptors (Lipinski definition) is 6. The summed E-state index contributed by atoms with van der Waals surface area (Å²) in [6.07, 6.45) is -0.124. The first-order valence-corrected chi connectivity index (χ1v) is 12.3. The van der Waals surface area contributed by atoms with Gasteiger partial charge in [-0.15, -0.1) is 11.3 Å². The van der Waals surface area contributed by atoms with E-state index < -0.39 is 0 Å². The van der Waals surface area contributed by atoms with Crippen molar-refractivity contribution in [2.75, 3.05) is 12.4 Å². The van der Waals surface area contributed by atoms with Gasteiger partial charge in [0, 0.05) is 10.6 Å². The van der Waals surface area contributed by atoms with E-state index in [1.807, 2.05) is 52.0 Å². The van der Waals surface area contributed by atoms with Crippen molar-refractivity contribution >= 4 is 33.3 Å². The first-order valence-electron chi connectivity index (χ1n) is 10.5. The van der Waals surface area contributed by atoms with Gasteiger partial charge in [-0.05, 0) is 62.6 Å². The summed E-state index contributed by atoms with van der Waals surface area (Å²) >= 11 is 3.11. The summed E-state index contributed by atoms with van der Waals surface area (Å²) in [5, 5.41) is 1.39. The molecule has 32 heavy (non-hydrogen) atoms. The van der Waals surface area contributed by atoms with E-state index in [0.717, 1.165) is 43.6 Å². The molecule has 0 saturated heterocycles. The van der Waals surface area contributed by atoms with Gasteiger partial charge in [0.05, 0.1) is 11.1 Å². The van der Waals surface area contributed by atoms with Crippen LogP contribution in [0.5, 0.6) is 11.5 Å². The van der Waals surface area contributed by atoms with Gasteiger partial charge in [-0.2, -0.15) is 0 Å². The Morgan fingerprint density at radius 3 is 2.72 bits per heavy atom. The maximum absolute atomic E-state index is 13.7. The molecule has 0 saturated carbocycles. The molecular formula is C25H24N2O3S2. The van der Waals surface area contributed by atoms with Gasteiger partial charge in [-0.25, -0.2) is 4.98 Å².